The molecule has 0 bridgehead atoms. The second-order valence-electron chi connectivity index (χ2n) is 4.85. The fraction of sp³-hybridized carbons (Fsp3) is 0.118. The molecular weight excluding hydrogens is 332 g/mol. The topological polar surface area (TPSA) is 17.1 Å². The van der Waals surface area contributed by atoms with E-state index >= 15 is 0 Å². The van der Waals surface area contributed by atoms with E-state index in [2.05, 4.69) is 40.2 Å². The lowest BCUT2D eigenvalue weighted by molar-refractivity contribution is 0.0997. The van der Waals surface area contributed by atoms with Gasteiger partial charge in [-0.05, 0) is 50.8 Å². The van der Waals surface area contributed by atoms with Gasteiger partial charge >= 0.3 is 0 Å². The third-order valence-corrected chi connectivity index (χ3v) is 5.49. The molecule has 20 heavy (non-hydrogen) atoms. The van der Waals surface area contributed by atoms with Gasteiger partial charge in [-0.25, -0.2) is 0 Å². The SMILES string of the molecule is Cc1cc(C(=O)Cc2ccc3ccccc3c2)sc1Br. The average Bonchev–Trinajstić information content (AvgIpc) is 2.79. The van der Waals surface area contributed by atoms with Crippen molar-refractivity contribution < 1.29 is 4.79 Å². The highest BCUT2D eigenvalue weighted by molar-refractivity contribution is 9.11. The maximum absolute atomic E-state index is 12.3. The van der Waals surface area contributed by atoms with E-state index < -0.39 is 0 Å². The highest BCUT2D eigenvalue weighted by atomic mass is 79.9. The molecule has 0 saturated carbocycles. The van der Waals surface area contributed by atoms with Gasteiger partial charge in [-0.15, -0.1) is 11.3 Å². The number of fused-ring (bicyclic) bond motifs is 1. The van der Waals surface area contributed by atoms with Crippen LogP contribution in [0.15, 0.2) is 52.3 Å². The third-order valence-electron chi connectivity index (χ3n) is 3.31. The fourth-order valence-electron chi connectivity index (χ4n) is 2.22. The van der Waals surface area contributed by atoms with Crippen LogP contribution in [-0.2, 0) is 6.42 Å². The molecule has 0 aliphatic carbocycles. The highest BCUT2D eigenvalue weighted by Crippen LogP contribution is 2.28. The van der Waals surface area contributed by atoms with Crippen LogP contribution in [0.25, 0.3) is 10.8 Å². The van der Waals surface area contributed by atoms with Crippen LogP contribution >= 0.6 is 27.3 Å². The van der Waals surface area contributed by atoms with E-state index in [1.54, 1.807) is 0 Å². The minimum Gasteiger partial charge on any atom is -0.293 e. The Morgan fingerprint density at radius 2 is 1.85 bits per heavy atom. The minimum atomic E-state index is 0.180. The number of hydrogen-bond acceptors (Lipinski definition) is 2. The number of rotatable bonds is 3. The molecule has 0 aliphatic rings. The van der Waals surface area contributed by atoms with Gasteiger partial charge in [-0.3, -0.25) is 4.79 Å². The van der Waals surface area contributed by atoms with Gasteiger partial charge < -0.3 is 0 Å². The number of thiophene rings is 1. The van der Waals surface area contributed by atoms with Gasteiger partial charge in [0.15, 0.2) is 5.78 Å². The molecule has 100 valence electrons. The number of carbonyl (C=O) groups is 1. The summed E-state index contributed by atoms with van der Waals surface area (Å²) in [4.78, 5) is 13.1. The van der Waals surface area contributed by atoms with Gasteiger partial charge in [0.2, 0.25) is 0 Å². The average molecular weight is 345 g/mol. The van der Waals surface area contributed by atoms with E-state index in [9.17, 15) is 4.79 Å². The van der Waals surface area contributed by atoms with Crippen molar-refractivity contribution in [3.8, 4) is 0 Å². The summed E-state index contributed by atoms with van der Waals surface area (Å²) < 4.78 is 1.04. The second-order valence-corrected chi connectivity index (χ2v) is 7.22. The number of aryl methyl sites for hydroxylation is 1. The van der Waals surface area contributed by atoms with E-state index in [0.29, 0.717) is 6.42 Å². The standard InChI is InChI=1S/C17H13BrOS/c1-11-8-16(20-17(11)18)15(19)10-12-6-7-13-4-2-3-5-14(13)9-12/h2-9H,10H2,1H3. The lowest BCUT2D eigenvalue weighted by atomic mass is 10.0. The second kappa shape index (κ2) is 5.51. The summed E-state index contributed by atoms with van der Waals surface area (Å²) in [5.74, 6) is 0.180. The van der Waals surface area contributed by atoms with Crippen molar-refractivity contribution in [3.05, 3.63) is 68.3 Å². The van der Waals surface area contributed by atoms with Crippen molar-refractivity contribution in [3.63, 3.8) is 0 Å². The number of Topliss-reactive ketones (excluding diaryl/α,β-unsaturated/α-hetero) is 1. The molecule has 0 atom stereocenters. The molecule has 0 aliphatic heterocycles. The number of hydrogen-bond donors (Lipinski definition) is 0. The summed E-state index contributed by atoms with van der Waals surface area (Å²) >= 11 is 4.98. The molecule has 0 saturated heterocycles. The van der Waals surface area contributed by atoms with Crippen molar-refractivity contribution in [1.82, 2.24) is 0 Å². The summed E-state index contributed by atoms with van der Waals surface area (Å²) in [5.41, 5.74) is 2.19. The lowest BCUT2D eigenvalue weighted by Gasteiger charge is -2.02. The Balaban J connectivity index is 1.87. The molecule has 0 radical (unpaired) electrons. The fourth-order valence-corrected chi connectivity index (χ4v) is 3.69. The van der Waals surface area contributed by atoms with E-state index in [1.165, 1.54) is 22.1 Å². The van der Waals surface area contributed by atoms with Gasteiger partial charge in [-0.1, -0.05) is 42.5 Å². The first-order chi connectivity index (χ1) is 9.63. The van der Waals surface area contributed by atoms with Crippen LogP contribution in [0.3, 0.4) is 0 Å². The van der Waals surface area contributed by atoms with E-state index in [-0.39, 0.29) is 5.78 Å². The zero-order valence-electron chi connectivity index (χ0n) is 11.0. The Bertz CT molecular complexity index is 769. The Labute approximate surface area is 130 Å². The number of carbonyl (C=O) groups excluding carboxylic acids is 1. The molecule has 3 rings (SSSR count). The van der Waals surface area contributed by atoms with Crippen LogP contribution in [0.1, 0.15) is 20.8 Å². The molecule has 0 fully saturated rings. The summed E-state index contributed by atoms with van der Waals surface area (Å²) in [6, 6.07) is 16.4. The maximum atomic E-state index is 12.3. The van der Waals surface area contributed by atoms with Crippen LogP contribution in [-0.4, -0.2) is 5.78 Å². The molecule has 0 unspecified atom stereocenters. The molecule has 0 spiro atoms. The van der Waals surface area contributed by atoms with Crippen LogP contribution in [0.2, 0.25) is 0 Å². The predicted molar refractivity (Wildman–Crippen MR) is 88.7 cm³/mol. The Kier molecular flexibility index (Phi) is 3.72. The molecule has 3 heteroatoms. The molecule has 2 aromatic carbocycles. The summed E-state index contributed by atoms with van der Waals surface area (Å²) in [7, 11) is 0. The minimum absolute atomic E-state index is 0.180. The van der Waals surface area contributed by atoms with Crippen LogP contribution in [0, 0.1) is 6.92 Å². The van der Waals surface area contributed by atoms with Crippen LogP contribution in [0.4, 0.5) is 0 Å². The largest absolute Gasteiger partial charge is 0.293 e. The van der Waals surface area contributed by atoms with Crippen molar-refractivity contribution >= 4 is 43.8 Å². The molecule has 0 N–H and O–H groups in total. The van der Waals surface area contributed by atoms with E-state index in [4.69, 9.17) is 0 Å². The van der Waals surface area contributed by atoms with Crippen LogP contribution < -0.4 is 0 Å². The summed E-state index contributed by atoms with van der Waals surface area (Å²) in [6.45, 7) is 2.01. The molecule has 1 nitrogen and oxygen atoms in total. The van der Waals surface area contributed by atoms with E-state index in [0.717, 1.165) is 19.8 Å². The van der Waals surface area contributed by atoms with Gasteiger partial charge in [0.05, 0.1) is 8.66 Å². The van der Waals surface area contributed by atoms with E-state index in [1.807, 2.05) is 31.2 Å². The summed E-state index contributed by atoms with van der Waals surface area (Å²) in [6.07, 6.45) is 0.456. The molecule has 3 aromatic rings. The molecule has 0 amide bonds. The van der Waals surface area contributed by atoms with Gasteiger partial charge in [-0.2, -0.15) is 0 Å². The predicted octanol–water partition coefficient (Wildman–Crippen LogP) is 5.40. The number of benzene rings is 2. The van der Waals surface area contributed by atoms with Gasteiger partial charge in [0.25, 0.3) is 0 Å². The van der Waals surface area contributed by atoms with Crippen molar-refractivity contribution in [1.29, 1.82) is 0 Å². The molecule has 1 heterocycles. The Morgan fingerprint density at radius 1 is 1.10 bits per heavy atom. The zero-order chi connectivity index (χ0) is 14.1. The Morgan fingerprint density at radius 3 is 2.55 bits per heavy atom. The zero-order valence-corrected chi connectivity index (χ0v) is 13.4. The summed E-state index contributed by atoms with van der Waals surface area (Å²) in [5, 5.41) is 2.39. The van der Waals surface area contributed by atoms with Gasteiger partial charge in [0, 0.05) is 6.42 Å². The highest BCUT2D eigenvalue weighted by Gasteiger charge is 2.12. The normalized spacial score (nSPS) is 10.9. The van der Waals surface area contributed by atoms with Crippen molar-refractivity contribution in [2.75, 3.05) is 0 Å². The number of halogens is 1. The molecule has 1 aromatic heterocycles. The molecular formula is C17H13BrOS. The van der Waals surface area contributed by atoms with Gasteiger partial charge in [0.1, 0.15) is 0 Å². The maximum Gasteiger partial charge on any atom is 0.177 e. The lowest BCUT2D eigenvalue weighted by Crippen LogP contribution is -2.00. The van der Waals surface area contributed by atoms with Crippen LogP contribution in [0.5, 0.6) is 0 Å². The smallest absolute Gasteiger partial charge is 0.177 e. The quantitative estimate of drug-likeness (QED) is 0.581. The first-order valence-electron chi connectivity index (χ1n) is 6.40. The van der Waals surface area contributed by atoms with Crippen molar-refractivity contribution in [2.45, 2.75) is 13.3 Å². The number of ketones is 1. The first kappa shape index (κ1) is 13.5. The van der Waals surface area contributed by atoms with Crippen molar-refractivity contribution in [2.24, 2.45) is 0 Å². The Hall–Kier alpha value is -1.45. The third kappa shape index (κ3) is 2.69. The first-order valence-corrected chi connectivity index (χ1v) is 8.01. The monoisotopic (exact) mass is 344 g/mol.